The van der Waals surface area contributed by atoms with Crippen molar-refractivity contribution in [1.29, 1.82) is 0 Å². The molecule has 0 amide bonds. The average molecular weight is 251 g/mol. The second-order valence-corrected chi connectivity index (χ2v) is 4.95. The molecule has 0 bridgehead atoms. The number of nitrogens with two attached hydrogens (primary N) is 1. The molecule has 0 saturated heterocycles. The number of nitrogens with one attached hydrogen (secondary N) is 1. The minimum Gasteiger partial charge on any atom is -0.354 e. The monoisotopic (exact) mass is 251 g/mol. The lowest BCUT2D eigenvalue weighted by Gasteiger charge is -2.07. The van der Waals surface area contributed by atoms with Crippen LogP contribution in [0.3, 0.4) is 0 Å². The van der Waals surface area contributed by atoms with Gasteiger partial charge in [0.1, 0.15) is 0 Å². The van der Waals surface area contributed by atoms with Gasteiger partial charge in [-0.05, 0) is 37.1 Å². The van der Waals surface area contributed by atoms with E-state index in [1.807, 2.05) is 25.3 Å². The zero-order valence-electron chi connectivity index (χ0n) is 10.9. The molecule has 3 aromatic rings. The molecule has 0 spiro atoms. The van der Waals surface area contributed by atoms with Gasteiger partial charge in [0, 0.05) is 34.9 Å². The fourth-order valence-corrected chi connectivity index (χ4v) is 2.49. The van der Waals surface area contributed by atoms with Crippen LogP contribution in [0, 0.1) is 0 Å². The number of para-hydroxylation sites is 1. The highest BCUT2D eigenvalue weighted by molar-refractivity contribution is 5.90. The maximum absolute atomic E-state index is 5.99. The molecule has 2 aromatic heterocycles. The quantitative estimate of drug-likeness (QED) is 0.751. The topological polar surface area (TPSA) is 54.7 Å². The van der Waals surface area contributed by atoms with Crippen LogP contribution in [-0.2, 0) is 6.42 Å². The molecule has 0 saturated carbocycles. The second-order valence-electron chi connectivity index (χ2n) is 4.95. The minimum atomic E-state index is 0.134. The third kappa shape index (κ3) is 2.25. The number of hydrogen-bond acceptors (Lipinski definition) is 2. The van der Waals surface area contributed by atoms with Crippen LogP contribution in [-0.4, -0.2) is 16.0 Å². The number of benzene rings is 1. The summed E-state index contributed by atoms with van der Waals surface area (Å²) in [5, 5.41) is 1.25. The van der Waals surface area contributed by atoms with Gasteiger partial charge in [0.05, 0.1) is 5.69 Å². The summed E-state index contributed by atoms with van der Waals surface area (Å²) in [5.41, 5.74) is 10.7. The highest BCUT2D eigenvalue weighted by Crippen LogP contribution is 2.30. The summed E-state index contributed by atoms with van der Waals surface area (Å²) in [7, 11) is 0. The first-order valence-corrected chi connectivity index (χ1v) is 6.51. The van der Waals surface area contributed by atoms with Crippen LogP contribution in [0.15, 0.2) is 48.8 Å². The van der Waals surface area contributed by atoms with Gasteiger partial charge in [-0.3, -0.25) is 4.98 Å². The van der Waals surface area contributed by atoms with Gasteiger partial charge >= 0.3 is 0 Å². The van der Waals surface area contributed by atoms with Crippen molar-refractivity contribution in [3.05, 3.63) is 54.4 Å². The fraction of sp³-hybridized carbons (Fsp3) is 0.188. The highest BCUT2D eigenvalue weighted by atomic mass is 14.7. The van der Waals surface area contributed by atoms with Crippen molar-refractivity contribution in [2.24, 2.45) is 5.73 Å². The van der Waals surface area contributed by atoms with E-state index in [-0.39, 0.29) is 6.04 Å². The molecule has 0 aliphatic rings. The molecule has 0 radical (unpaired) electrons. The van der Waals surface area contributed by atoms with Crippen molar-refractivity contribution in [1.82, 2.24) is 9.97 Å². The molecule has 3 nitrogen and oxygen atoms in total. The van der Waals surface area contributed by atoms with Crippen molar-refractivity contribution >= 4 is 10.9 Å². The van der Waals surface area contributed by atoms with Crippen molar-refractivity contribution in [3.8, 4) is 11.3 Å². The van der Waals surface area contributed by atoms with E-state index in [1.54, 1.807) is 6.20 Å². The number of pyridine rings is 1. The van der Waals surface area contributed by atoms with Gasteiger partial charge in [-0.1, -0.05) is 18.2 Å². The molecule has 96 valence electrons. The van der Waals surface area contributed by atoms with Crippen LogP contribution in [0.4, 0.5) is 0 Å². The lowest BCUT2D eigenvalue weighted by atomic mass is 10.0. The normalized spacial score (nSPS) is 12.7. The van der Waals surface area contributed by atoms with Gasteiger partial charge in [-0.2, -0.15) is 0 Å². The van der Waals surface area contributed by atoms with Crippen molar-refractivity contribution in [3.63, 3.8) is 0 Å². The molecule has 0 aliphatic heterocycles. The smallest absolute Gasteiger partial charge is 0.0513 e. The first kappa shape index (κ1) is 11.9. The molecule has 1 aromatic carbocycles. The average Bonchev–Trinajstić information content (AvgIpc) is 2.78. The van der Waals surface area contributed by atoms with Crippen LogP contribution in [0.1, 0.15) is 12.5 Å². The predicted octanol–water partition coefficient (Wildman–Crippen LogP) is 3.12. The van der Waals surface area contributed by atoms with E-state index in [9.17, 15) is 0 Å². The summed E-state index contributed by atoms with van der Waals surface area (Å²) in [6, 6.07) is 12.5. The Balaban J connectivity index is 2.23. The van der Waals surface area contributed by atoms with Gasteiger partial charge < -0.3 is 10.7 Å². The summed E-state index contributed by atoms with van der Waals surface area (Å²) >= 11 is 0. The summed E-state index contributed by atoms with van der Waals surface area (Å²) in [5.74, 6) is 0. The van der Waals surface area contributed by atoms with Gasteiger partial charge in [-0.15, -0.1) is 0 Å². The Hall–Kier alpha value is -2.13. The molecule has 0 aliphatic carbocycles. The van der Waals surface area contributed by atoms with Crippen LogP contribution in [0.2, 0.25) is 0 Å². The number of rotatable bonds is 3. The van der Waals surface area contributed by atoms with Crippen molar-refractivity contribution < 1.29 is 0 Å². The lowest BCUT2D eigenvalue weighted by molar-refractivity contribution is 0.742. The number of H-pyrrole nitrogens is 1. The summed E-state index contributed by atoms with van der Waals surface area (Å²) in [6.45, 7) is 2.04. The maximum atomic E-state index is 5.99. The third-order valence-electron chi connectivity index (χ3n) is 3.29. The lowest BCUT2D eigenvalue weighted by Crippen LogP contribution is -2.18. The van der Waals surface area contributed by atoms with Crippen LogP contribution in [0.25, 0.3) is 22.2 Å². The van der Waals surface area contributed by atoms with E-state index in [0.29, 0.717) is 0 Å². The molecular formula is C16H17N3. The Labute approximate surface area is 112 Å². The van der Waals surface area contributed by atoms with E-state index >= 15 is 0 Å². The number of aromatic nitrogens is 2. The maximum Gasteiger partial charge on any atom is 0.0513 e. The second kappa shape index (κ2) is 4.86. The van der Waals surface area contributed by atoms with Crippen LogP contribution < -0.4 is 5.73 Å². The largest absolute Gasteiger partial charge is 0.354 e. The Bertz CT molecular complexity index is 684. The molecule has 1 unspecified atom stereocenters. The summed E-state index contributed by atoms with van der Waals surface area (Å²) in [4.78, 5) is 7.69. The third-order valence-corrected chi connectivity index (χ3v) is 3.29. The van der Waals surface area contributed by atoms with Gasteiger partial charge in [-0.25, -0.2) is 0 Å². The first-order valence-electron chi connectivity index (χ1n) is 6.51. The number of aromatic amines is 1. The first-order chi connectivity index (χ1) is 9.25. The van der Waals surface area contributed by atoms with E-state index < -0.39 is 0 Å². The Morgan fingerprint density at radius 2 is 2.05 bits per heavy atom. The zero-order valence-corrected chi connectivity index (χ0v) is 10.9. The Morgan fingerprint density at radius 3 is 2.79 bits per heavy atom. The molecule has 3 N–H and O–H groups in total. The Kier molecular flexibility index (Phi) is 3.05. The van der Waals surface area contributed by atoms with Gasteiger partial charge in [0.2, 0.25) is 0 Å². The number of hydrogen-bond donors (Lipinski definition) is 2. The minimum absolute atomic E-state index is 0.134. The van der Waals surface area contributed by atoms with Gasteiger partial charge in [0.15, 0.2) is 0 Å². The molecule has 3 rings (SSSR count). The van der Waals surface area contributed by atoms with E-state index in [1.165, 1.54) is 10.9 Å². The Morgan fingerprint density at radius 1 is 1.21 bits per heavy atom. The van der Waals surface area contributed by atoms with Crippen molar-refractivity contribution in [2.45, 2.75) is 19.4 Å². The summed E-state index contributed by atoms with van der Waals surface area (Å²) < 4.78 is 0. The number of fused-ring (bicyclic) bond motifs is 1. The molecule has 2 heterocycles. The number of nitrogens with zero attached hydrogens (tertiary/aromatic N) is 1. The molecule has 0 fully saturated rings. The zero-order chi connectivity index (χ0) is 13.2. The SMILES string of the molecule is CC(N)Cc1c(-c2cccnc2)[nH]c2ccccc12. The molecule has 19 heavy (non-hydrogen) atoms. The fourth-order valence-electron chi connectivity index (χ4n) is 2.49. The highest BCUT2D eigenvalue weighted by Gasteiger charge is 2.13. The van der Waals surface area contributed by atoms with E-state index in [0.717, 1.165) is 23.2 Å². The van der Waals surface area contributed by atoms with Crippen LogP contribution >= 0.6 is 0 Å². The van der Waals surface area contributed by atoms with E-state index in [4.69, 9.17) is 5.73 Å². The molecular weight excluding hydrogens is 234 g/mol. The van der Waals surface area contributed by atoms with Crippen LogP contribution in [0.5, 0.6) is 0 Å². The van der Waals surface area contributed by atoms with E-state index in [2.05, 4.69) is 34.2 Å². The molecule has 1 atom stereocenters. The van der Waals surface area contributed by atoms with Crippen molar-refractivity contribution in [2.75, 3.05) is 0 Å². The van der Waals surface area contributed by atoms with Gasteiger partial charge in [0.25, 0.3) is 0 Å². The predicted molar refractivity (Wildman–Crippen MR) is 78.9 cm³/mol. The summed E-state index contributed by atoms with van der Waals surface area (Å²) in [6.07, 6.45) is 4.53. The molecule has 3 heteroatoms. The standard InChI is InChI=1S/C16H17N3/c1-11(17)9-14-13-6-2-3-7-15(13)19-16(14)12-5-4-8-18-10-12/h2-8,10-11,19H,9,17H2,1H3.